The predicted molar refractivity (Wildman–Crippen MR) is 65.6 cm³/mol. The fourth-order valence-electron chi connectivity index (χ4n) is 2.16. The SMILES string of the molecule is CN(c1ccncc1CO)C1CCS(=O)(=O)C1. The minimum absolute atomic E-state index is 0.00676. The van der Waals surface area contributed by atoms with Crippen LogP contribution in [-0.2, 0) is 16.4 Å². The van der Waals surface area contributed by atoms with Gasteiger partial charge in [0.1, 0.15) is 0 Å². The lowest BCUT2D eigenvalue weighted by Gasteiger charge is -2.27. The topological polar surface area (TPSA) is 70.5 Å². The van der Waals surface area contributed by atoms with Crippen molar-refractivity contribution in [2.24, 2.45) is 0 Å². The second kappa shape index (κ2) is 4.62. The van der Waals surface area contributed by atoms with Crippen molar-refractivity contribution < 1.29 is 13.5 Å². The van der Waals surface area contributed by atoms with E-state index in [-0.39, 0.29) is 24.2 Å². The van der Waals surface area contributed by atoms with E-state index in [1.54, 1.807) is 18.5 Å². The number of nitrogens with zero attached hydrogens (tertiary/aromatic N) is 2. The van der Waals surface area contributed by atoms with E-state index in [0.29, 0.717) is 6.42 Å². The standard InChI is InChI=1S/C11H16N2O3S/c1-13(10-3-5-17(15,16)8-10)11-2-4-12-6-9(11)7-14/h2,4,6,10,14H,3,5,7-8H2,1H3. The molecule has 94 valence electrons. The van der Waals surface area contributed by atoms with Gasteiger partial charge in [-0.05, 0) is 12.5 Å². The lowest BCUT2D eigenvalue weighted by Crippen LogP contribution is -2.33. The highest BCUT2D eigenvalue weighted by molar-refractivity contribution is 7.91. The van der Waals surface area contributed by atoms with Crippen LogP contribution < -0.4 is 4.90 Å². The summed E-state index contributed by atoms with van der Waals surface area (Å²) in [6, 6.07) is 1.80. The van der Waals surface area contributed by atoms with Crippen molar-refractivity contribution in [2.75, 3.05) is 23.5 Å². The Balaban J connectivity index is 2.23. The molecule has 1 aliphatic rings. The van der Waals surface area contributed by atoms with Gasteiger partial charge in [0, 0.05) is 36.7 Å². The quantitative estimate of drug-likeness (QED) is 0.836. The van der Waals surface area contributed by atoms with Crippen LogP contribution in [0.15, 0.2) is 18.5 Å². The van der Waals surface area contributed by atoms with Crippen molar-refractivity contribution in [3.05, 3.63) is 24.0 Å². The molecule has 2 rings (SSSR count). The summed E-state index contributed by atoms with van der Waals surface area (Å²) in [7, 11) is -1.03. The van der Waals surface area contributed by atoms with E-state index >= 15 is 0 Å². The summed E-state index contributed by atoms with van der Waals surface area (Å²) in [5, 5.41) is 9.23. The van der Waals surface area contributed by atoms with Crippen LogP contribution in [0.4, 0.5) is 5.69 Å². The lowest BCUT2D eigenvalue weighted by atomic mass is 10.1. The highest BCUT2D eigenvalue weighted by Gasteiger charge is 2.31. The van der Waals surface area contributed by atoms with Crippen LogP contribution in [0.2, 0.25) is 0 Å². The molecule has 0 saturated carbocycles. The Hall–Kier alpha value is -1.14. The zero-order chi connectivity index (χ0) is 12.5. The molecule has 1 aromatic rings. The van der Waals surface area contributed by atoms with Gasteiger partial charge in [-0.2, -0.15) is 0 Å². The fourth-order valence-corrected chi connectivity index (χ4v) is 3.94. The van der Waals surface area contributed by atoms with Gasteiger partial charge in [0.25, 0.3) is 0 Å². The average Bonchev–Trinajstić information content (AvgIpc) is 2.68. The normalized spacial score (nSPS) is 22.6. The molecule has 17 heavy (non-hydrogen) atoms. The maximum absolute atomic E-state index is 11.4. The highest BCUT2D eigenvalue weighted by Crippen LogP contribution is 2.25. The first-order valence-electron chi connectivity index (χ1n) is 5.50. The van der Waals surface area contributed by atoms with Crippen molar-refractivity contribution in [3.8, 4) is 0 Å². The van der Waals surface area contributed by atoms with Gasteiger partial charge in [0.05, 0.1) is 18.1 Å². The third-order valence-electron chi connectivity index (χ3n) is 3.18. The Bertz CT molecular complexity index is 501. The molecule has 1 unspecified atom stereocenters. The first kappa shape index (κ1) is 12.3. The Morgan fingerprint density at radius 1 is 1.59 bits per heavy atom. The van der Waals surface area contributed by atoms with E-state index < -0.39 is 9.84 Å². The largest absolute Gasteiger partial charge is 0.392 e. The van der Waals surface area contributed by atoms with Gasteiger partial charge < -0.3 is 10.0 Å². The average molecular weight is 256 g/mol. The molecule has 1 N–H and O–H groups in total. The molecule has 0 aromatic carbocycles. The zero-order valence-electron chi connectivity index (χ0n) is 9.70. The maximum atomic E-state index is 11.4. The Morgan fingerprint density at radius 2 is 2.35 bits per heavy atom. The van der Waals surface area contributed by atoms with Crippen molar-refractivity contribution in [1.29, 1.82) is 0 Å². The monoisotopic (exact) mass is 256 g/mol. The Kier molecular flexibility index (Phi) is 3.35. The van der Waals surface area contributed by atoms with Gasteiger partial charge in [-0.25, -0.2) is 8.42 Å². The van der Waals surface area contributed by atoms with Crippen molar-refractivity contribution >= 4 is 15.5 Å². The maximum Gasteiger partial charge on any atom is 0.152 e. The molecule has 0 spiro atoms. The molecule has 2 heterocycles. The molecule has 0 amide bonds. The van der Waals surface area contributed by atoms with Crippen LogP contribution in [0.3, 0.4) is 0 Å². The van der Waals surface area contributed by atoms with Crippen molar-refractivity contribution in [2.45, 2.75) is 19.1 Å². The van der Waals surface area contributed by atoms with Crippen LogP contribution in [0.25, 0.3) is 0 Å². The van der Waals surface area contributed by atoms with Gasteiger partial charge in [-0.3, -0.25) is 4.98 Å². The summed E-state index contributed by atoms with van der Waals surface area (Å²) in [6.45, 7) is -0.0903. The number of sulfone groups is 1. The summed E-state index contributed by atoms with van der Waals surface area (Å²) in [6.07, 6.45) is 3.90. The highest BCUT2D eigenvalue weighted by atomic mass is 32.2. The molecular formula is C11H16N2O3S. The second-order valence-corrected chi connectivity index (χ2v) is 6.56. The molecule has 0 radical (unpaired) electrons. The fraction of sp³-hybridized carbons (Fsp3) is 0.545. The van der Waals surface area contributed by atoms with E-state index in [1.165, 1.54) is 0 Å². The minimum Gasteiger partial charge on any atom is -0.392 e. The van der Waals surface area contributed by atoms with Crippen molar-refractivity contribution in [1.82, 2.24) is 4.98 Å². The van der Waals surface area contributed by atoms with Crippen LogP contribution in [0.5, 0.6) is 0 Å². The number of aliphatic hydroxyl groups excluding tert-OH is 1. The van der Waals surface area contributed by atoms with E-state index in [4.69, 9.17) is 0 Å². The van der Waals surface area contributed by atoms with E-state index in [0.717, 1.165) is 11.3 Å². The molecule has 1 saturated heterocycles. The molecular weight excluding hydrogens is 240 g/mol. The first-order chi connectivity index (χ1) is 8.03. The molecule has 6 heteroatoms. The molecule has 1 fully saturated rings. The number of anilines is 1. The van der Waals surface area contributed by atoms with Crippen molar-refractivity contribution in [3.63, 3.8) is 0 Å². The van der Waals surface area contributed by atoms with Crippen LogP contribution in [-0.4, -0.2) is 43.1 Å². The predicted octanol–water partition coefficient (Wildman–Crippen LogP) is 0.197. The third kappa shape index (κ3) is 2.58. The number of pyridine rings is 1. The van der Waals surface area contributed by atoms with E-state index in [9.17, 15) is 13.5 Å². The van der Waals surface area contributed by atoms with E-state index in [2.05, 4.69) is 4.98 Å². The number of hydrogen-bond acceptors (Lipinski definition) is 5. The van der Waals surface area contributed by atoms with Gasteiger partial charge >= 0.3 is 0 Å². The van der Waals surface area contributed by atoms with E-state index in [1.807, 2.05) is 11.9 Å². The zero-order valence-corrected chi connectivity index (χ0v) is 10.5. The van der Waals surface area contributed by atoms with Gasteiger partial charge in [0.15, 0.2) is 9.84 Å². The lowest BCUT2D eigenvalue weighted by molar-refractivity contribution is 0.281. The van der Waals surface area contributed by atoms with Gasteiger partial charge in [-0.1, -0.05) is 0 Å². The number of hydrogen-bond donors (Lipinski definition) is 1. The Labute approximate surface area is 101 Å². The van der Waals surface area contributed by atoms with Crippen LogP contribution >= 0.6 is 0 Å². The van der Waals surface area contributed by atoms with Gasteiger partial charge in [-0.15, -0.1) is 0 Å². The molecule has 5 nitrogen and oxygen atoms in total. The summed E-state index contributed by atoms with van der Waals surface area (Å²) < 4.78 is 22.9. The smallest absolute Gasteiger partial charge is 0.152 e. The van der Waals surface area contributed by atoms with Crippen LogP contribution in [0, 0.1) is 0 Å². The minimum atomic E-state index is -2.89. The summed E-state index contributed by atoms with van der Waals surface area (Å²) in [4.78, 5) is 5.88. The number of aliphatic hydroxyl groups is 1. The van der Waals surface area contributed by atoms with Crippen LogP contribution in [0.1, 0.15) is 12.0 Å². The third-order valence-corrected chi connectivity index (χ3v) is 4.93. The molecule has 1 aromatic heterocycles. The summed E-state index contributed by atoms with van der Waals surface area (Å²) >= 11 is 0. The molecule has 0 bridgehead atoms. The number of aromatic nitrogens is 1. The number of rotatable bonds is 3. The molecule has 1 aliphatic heterocycles. The molecule has 1 atom stereocenters. The summed E-state index contributed by atoms with van der Waals surface area (Å²) in [5.74, 6) is 0.443. The molecule has 0 aliphatic carbocycles. The summed E-state index contributed by atoms with van der Waals surface area (Å²) in [5.41, 5.74) is 1.57. The van der Waals surface area contributed by atoms with Gasteiger partial charge in [0.2, 0.25) is 0 Å². The second-order valence-electron chi connectivity index (χ2n) is 4.33. The first-order valence-corrected chi connectivity index (χ1v) is 7.32. The Morgan fingerprint density at radius 3 is 2.94 bits per heavy atom.